The van der Waals surface area contributed by atoms with Crippen LogP contribution in [-0.4, -0.2) is 26.2 Å². The summed E-state index contributed by atoms with van der Waals surface area (Å²) in [5.74, 6) is 2.30. The Kier molecular flexibility index (Phi) is 6.18. The summed E-state index contributed by atoms with van der Waals surface area (Å²) < 4.78 is 16.6. The lowest BCUT2D eigenvalue weighted by Crippen LogP contribution is -2.16. The van der Waals surface area contributed by atoms with Gasteiger partial charge in [-0.25, -0.2) is 0 Å². The highest BCUT2D eigenvalue weighted by Crippen LogP contribution is 2.31. The number of nitrogens with one attached hydrogen (secondary N) is 1. The van der Waals surface area contributed by atoms with Crippen LogP contribution in [0.3, 0.4) is 0 Å². The normalized spacial score (nSPS) is 12.3. The lowest BCUT2D eigenvalue weighted by atomic mass is 10.0. The van der Waals surface area contributed by atoms with Crippen LogP contribution in [0.5, 0.6) is 17.2 Å². The molecule has 1 aliphatic rings. The van der Waals surface area contributed by atoms with Crippen molar-refractivity contribution in [2.24, 2.45) is 0 Å². The molecule has 0 aliphatic carbocycles. The number of carbonyl (C=O) groups is 1. The molecule has 1 heterocycles. The lowest BCUT2D eigenvalue weighted by molar-refractivity contribution is -0.116. The minimum absolute atomic E-state index is 0.0271. The van der Waals surface area contributed by atoms with Gasteiger partial charge in [0.25, 0.3) is 0 Å². The molecule has 3 aromatic rings. The molecule has 0 atom stereocenters. The molecular formula is C25H25NO4. The van der Waals surface area contributed by atoms with Gasteiger partial charge in [-0.2, -0.15) is 0 Å². The van der Waals surface area contributed by atoms with Gasteiger partial charge in [0.15, 0.2) is 11.5 Å². The molecular weight excluding hydrogens is 378 g/mol. The fraction of sp³-hybridized carbons (Fsp3) is 0.240. The van der Waals surface area contributed by atoms with E-state index in [0.717, 1.165) is 40.5 Å². The van der Waals surface area contributed by atoms with E-state index >= 15 is 0 Å². The zero-order valence-electron chi connectivity index (χ0n) is 17.0. The Hall–Kier alpha value is -3.47. The summed E-state index contributed by atoms with van der Waals surface area (Å²) in [6.45, 7) is 1.13. The molecule has 0 bridgehead atoms. The minimum Gasteiger partial charge on any atom is -0.496 e. The third-order valence-electron chi connectivity index (χ3n) is 5.05. The molecule has 1 aliphatic heterocycles. The average Bonchev–Trinajstić information content (AvgIpc) is 2.78. The first-order valence-electron chi connectivity index (χ1n) is 10.1. The molecule has 0 saturated heterocycles. The topological polar surface area (TPSA) is 56.8 Å². The van der Waals surface area contributed by atoms with Crippen LogP contribution in [0.1, 0.15) is 23.1 Å². The Morgan fingerprint density at radius 1 is 0.933 bits per heavy atom. The summed E-state index contributed by atoms with van der Waals surface area (Å²) in [5, 5.41) is 3.00. The summed E-state index contributed by atoms with van der Waals surface area (Å²) in [5.41, 5.74) is 4.05. The number of carbonyl (C=O) groups excluding carboxylic acids is 1. The average molecular weight is 403 g/mol. The number of hydrogen-bond acceptors (Lipinski definition) is 4. The van der Waals surface area contributed by atoms with E-state index in [-0.39, 0.29) is 5.91 Å². The van der Waals surface area contributed by atoms with Gasteiger partial charge in [0.2, 0.25) is 5.91 Å². The molecule has 0 spiro atoms. The number of anilines is 1. The molecule has 0 aromatic heterocycles. The van der Waals surface area contributed by atoms with Crippen LogP contribution in [0.25, 0.3) is 0 Å². The van der Waals surface area contributed by atoms with Crippen molar-refractivity contribution >= 4 is 11.6 Å². The number of aryl methyl sites for hydroxylation is 1. The molecule has 0 saturated carbocycles. The number of rotatable bonds is 7. The first-order valence-corrected chi connectivity index (χ1v) is 10.1. The van der Waals surface area contributed by atoms with Crippen LogP contribution in [0.15, 0.2) is 66.7 Å². The molecule has 3 aromatic carbocycles. The first kappa shape index (κ1) is 19.8. The number of ether oxygens (including phenoxy) is 3. The van der Waals surface area contributed by atoms with Crippen molar-refractivity contribution in [3.8, 4) is 17.2 Å². The Bertz CT molecular complexity index is 1020. The van der Waals surface area contributed by atoms with Gasteiger partial charge in [0.1, 0.15) is 19.0 Å². The van der Waals surface area contributed by atoms with Crippen molar-refractivity contribution in [3.63, 3.8) is 0 Å². The summed E-state index contributed by atoms with van der Waals surface area (Å²) >= 11 is 0. The molecule has 4 rings (SSSR count). The van der Waals surface area contributed by atoms with Crippen LogP contribution in [-0.2, 0) is 17.6 Å². The van der Waals surface area contributed by atoms with Crippen LogP contribution in [0.4, 0.5) is 5.69 Å². The summed E-state index contributed by atoms with van der Waals surface area (Å²) in [6, 6.07) is 21.8. The second-order valence-corrected chi connectivity index (χ2v) is 7.22. The summed E-state index contributed by atoms with van der Waals surface area (Å²) in [6.07, 6.45) is 1.76. The van der Waals surface area contributed by atoms with Gasteiger partial charge in [-0.1, -0.05) is 36.4 Å². The van der Waals surface area contributed by atoms with Gasteiger partial charge in [-0.05, 0) is 47.9 Å². The van der Waals surface area contributed by atoms with Crippen LogP contribution < -0.4 is 19.5 Å². The van der Waals surface area contributed by atoms with Gasteiger partial charge >= 0.3 is 0 Å². The number of methoxy groups -OCH3 is 1. The van der Waals surface area contributed by atoms with Gasteiger partial charge in [0, 0.05) is 24.1 Å². The van der Waals surface area contributed by atoms with E-state index in [1.165, 1.54) is 5.56 Å². The Morgan fingerprint density at radius 3 is 2.53 bits per heavy atom. The Labute approximate surface area is 176 Å². The van der Waals surface area contributed by atoms with E-state index in [4.69, 9.17) is 14.2 Å². The molecule has 1 N–H and O–H groups in total. The molecule has 154 valence electrons. The van der Waals surface area contributed by atoms with Crippen molar-refractivity contribution in [2.75, 3.05) is 25.6 Å². The molecule has 0 fully saturated rings. The van der Waals surface area contributed by atoms with Gasteiger partial charge in [-0.15, -0.1) is 0 Å². The number of hydrogen-bond donors (Lipinski definition) is 1. The van der Waals surface area contributed by atoms with Crippen molar-refractivity contribution in [1.29, 1.82) is 0 Å². The van der Waals surface area contributed by atoms with E-state index in [1.54, 1.807) is 7.11 Å². The number of benzene rings is 3. The van der Waals surface area contributed by atoms with E-state index in [2.05, 4.69) is 17.4 Å². The zero-order chi connectivity index (χ0) is 20.8. The summed E-state index contributed by atoms with van der Waals surface area (Å²) in [4.78, 5) is 12.5. The first-order chi connectivity index (χ1) is 14.7. The highest BCUT2D eigenvalue weighted by molar-refractivity contribution is 5.91. The fourth-order valence-corrected chi connectivity index (χ4v) is 3.53. The Morgan fingerprint density at radius 2 is 1.73 bits per heavy atom. The fourth-order valence-electron chi connectivity index (χ4n) is 3.53. The Balaban J connectivity index is 1.38. The van der Waals surface area contributed by atoms with E-state index in [1.807, 2.05) is 54.6 Å². The summed E-state index contributed by atoms with van der Waals surface area (Å²) in [7, 11) is 1.66. The molecule has 0 unspecified atom stereocenters. The zero-order valence-corrected chi connectivity index (χ0v) is 17.0. The molecule has 0 radical (unpaired) electrons. The molecule has 5 heteroatoms. The monoisotopic (exact) mass is 403 g/mol. The van der Waals surface area contributed by atoms with Crippen LogP contribution >= 0.6 is 0 Å². The van der Waals surface area contributed by atoms with Gasteiger partial charge in [-0.3, -0.25) is 4.79 Å². The third-order valence-corrected chi connectivity index (χ3v) is 5.05. The van der Waals surface area contributed by atoms with E-state index in [0.29, 0.717) is 26.1 Å². The van der Waals surface area contributed by atoms with Crippen molar-refractivity contribution in [2.45, 2.75) is 19.3 Å². The predicted molar refractivity (Wildman–Crippen MR) is 117 cm³/mol. The molecule has 1 amide bonds. The van der Waals surface area contributed by atoms with Crippen molar-refractivity contribution < 1.29 is 19.0 Å². The third kappa shape index (κ3) is 4.92. The van der Waals surface area contributed by atoms with Crippen LogP contribution in [0, 0.1) is 0 Å². The van der Waals surface area contributed by atoms with Crippen LogP contribution in [0.2, 0.25) is 0 Å². The largest absolute Gasteiger partial charge is 0.496 e. The highest BCUT2D eigenvalue weighted by Gasteiger charge is 2.13. The van der Waals surface area contributed by atoms with E-state index in [9.17, 15) is 4.79 Å². The number of fused-ring (bicyclic) bond motifs is 1. The van der Waals surface area contributed by atoms with E-state index < -0.39 is 0 Å². The predicted octanol–water partition coefficient (Wildman–Crippen LogP) is 4.63. The minimum atomic E-state index is -0.0271. The quantitative estimate of drug-likeness (QED) is 0.625. The number of amides is 1. The van der Waals surface area contributed by atoms with Crippen molar-refractivity contribution in [1.82, 2.24) is 0 Å². The standard InChI is InChI=1S/C25H25NO4/c1-28-22-11-9-21(17-20(22)15-18-5-3-2-4-6-18)26-25(27)12-8-19-7-10-23-24(16-19)30-14-13-29-23/h2-7,9-11,16-17H,8,12-15H2,1H3,(H,26,27). The second-order valence-electron chi connectivity index (χ2n) is 7.22. The molecule has 5 nitrogen and oxygen atoms in total. The maximum atomic E-state index is 12.5. The lowest BCUT2D eigenvalue weighted by Gasteiger charge is -2.18. The van der Waals surface area contributed by atoms with Gasteiger partial charge < -0.3 is 19.5 Å². The maximum absolute atomic E-state index is 12.5. The maximum Gasteiger partial charge on any atom is 0.224 e. The smallest absolute Gasteiger partial charge is 0.224 e. The second kappa shape index (κ2) is 9.35. The molecule has 30 heavy (non-hydrogen) atoms. The highest BCUT2D eigenvalue weighted by atomic mass is 16.6. The SMILES string of the molecule is COc1ccc(NC(=O)CCc2ccc3c(c2)OCCO3)cc1Cc1ccccc1. The van der Waals surface area contributed by atoms with Gasteiger partial charge in [0.05, 0.1) is 7.11 Å². The van der Waals surface area contributed by atoms with Crippen molar-refractivity contribution in [3.05, 3.63) is 83.4 Å².